The molecule has 0 radical (unpaired) electrons. The summed E-state index contributed by atoms with van der Waals surface area (Å²) >= 11 is 0. The summed E-state index contributed by atoms with van der Waals surface area (Å²) in [6.45, 7) is 0.726. The van der Waals surface area contributed by atoms with E-state index < -0.39 is 9.73 Å². The van der Waals surface area contributed by atoms with Crippen molar-refractivity contribution in [2.45, 2.75) is 17.7 Å². The molecule has 0 unspecified atom stereocenters. The number of hydrogen-bond acceptors (Lipinski definition) is 2. The van der Waals surface area contributed by atoms with Gasteiger partial charge in [-0.2, -0.15) is 6.42 Å². The molecule has 0 fully saturated rings. The zero-order valence-corrected chi connectivity index (χ0v) is 9.17. The first-order valence-electron chi connectivity index (χ1n) is 4.42. The molecule has 0 saturated carbocycles. The van der Waals surface area contributed by atoms with E-state index in [1.54, 1.807) is 0 Å². The summed E-state index contributed by atoms with van der Waals surface area (Å²) < 4.78 is 16.4. The summed E-state index contributed by atoms with van der Waals surface area (Å²) in [6.07, 6.45) is 1.95. The van der Waals surface area contributed by atoms with Crippen LogP contribution in [0, 0.1) is 5.75 Å². The Morgan fingerprint density at radius 2 is 2.00 bits per heavy atom. The smallest absolute Gasteiger partial charge is 0.278 e. The Morgan fingerprint density at radius 3 is 2.57 bits per heavy atom. The monoisotopic (exact) mass is 201 g/mol. The average molecular weight is 201 g/mol. The molecule has 14 heavy (non-hydrogen) atoms. The Morgan fingerprint density at radius 1 is 1.29 bits per heavy atom. The van der Waals surface area contributed by atoms with Crippen molar-refractivity contribution in [2.24, 2.45) is 4.36 Å². The molecule has 0 aliphatic carbocycles. The maximum absolute atomic E-state index is 12.2. The van der Waals surface area contributed by atoms with E-state index in [0.717, 1.165) is 24.3 Å². The maximum Gasteiger partial charge on any atom is 1.00 e. The van der Waals surface area contributed by atoms with E-state index in [2.05, 4.69) is 4.36 Å². The fraction of sp³-hybridized carbons (Fsp3) is 0.300. The van der Waals surface area contributed by atoms with E-state index in [-0.39, 0.29) is 18.9 Å². The predicted molar refractivity (Wildman–Crippen MR) is 53.7 cm³/mol. The predicted octanol–water partition coefficient (Wildman–Crippen LogP) is -0.527. The van der Waals surface area contributed by atoms with Crippen LogP contribution >= 0.6 is 0 Å². The SMILES string of the molecule is O=[S@@]1(c2ccccc2)=NCCC[CH-]1.[Li+]. The van der Waals surface area contributed by atoms with Crippen molar-refractivity contribution in [1.82, 2.24) is 0 Å². The van der Waals surface area contributed by atoms with Crippen molar-refractivity contribution in [3.63, 3.8) is 0 Å². The number of hydrogen-bond donors (Lipinski definition) is 0. The molecule has 1 heterocycles. The minimum Gasteiger partial charge on any atom is -0.278 e. The summed E-state index contributed by atoms with van der Waals surface area (Å²) in [4.78, 5) is 0.842. The quantitative estimate of drug-likeness (QED) is 0.444. The second kappa shape index (κ2) is 5.02. The first kappa shape index (κ1) is 11.8. The summed E-state index contributed by atoms with van der Waals surface area (Å²) in [5.74, 6) is 1.85. The van der Waals surface area contributed by atoms with Crippen molar-refractivity contribution >= 4 is 9.73 Å². The zero-order chi connectivity index (χ0) is 9.15. The van der Waals surface area contributed by atoms with Crippen LogP contribution in [0.2, 0.25) is 0 Å². The molecule has 1 aliphatic heterocycles. The fourth-order valence-electron chi connectivity index (χ4n) is 1.37. The molecule has 2 rings (SSSR count). The molecule has 1 aromatic rings. The average Bonchev–Trinajstić information content (AvgIpc) is 2.20. The van der Waals surface area contributed by atoms with Crippen LogP contribution in [0.25, 0.3) is 0 Å². The van der Waals surface area contributed by atoms with Gasteiger partial charge in [0, 0.05) is 11.4 Å². The first-order valence-corrected chi connectivity index (χ1v) is 6.00. The normalized spacial score (nSPS) is 26.0. The molecule has 0 spiro atoms. The standard InChI is InChI=1S/C10H12NOS.Li/c12-13(9-5-4-8-11-13)10-6-2-1-3-7-10;/h1-3,6-7,9H,4-5,8H2;/q-1;+1/t13-;/m0./s1. The van der Waals surface area contributed by atoms with Crippen molar-refractivity contribution in [2.75, 3.05) is 6.54 Å². The second-order valence-electron chi connectivity index (χ2n) is 3.04. The van der Waals surface area contributed by atoms with Gasteiger partial charge in [-0.1, -0.05) is 34.3 Å². The van der Waals surface area contributed by atoms with E-state index in [1.165, 1.54) is 0 Å². The topological polar surface area (TPSA) is 29.4 Å². The van der Waals surface area contributed by atoms with Crippen LogP contribution in [0.3, 0.4) is 0 Å². The van der Waals surface area contributed by atoms with Crippen LogP contribution in [0.4, 0.5) is 0 Å². The van der Waals surface area contributed by atoms with Gasteiger partial charge in [0.05, 0.1) is 0 Å². The van der Waals surface area contributed by atoms with Crippen LogP contribution in [0.15, 0.2) is 39.6 Å². The van der Waals surface area contributed by atoms with Crippen molar-refractivity contribution in [3.8, 4) is 0 Å². The molecule has 0 aromatic heterocycles. The minimum atomic E-state index is -2.17. The van der Waals surface area contributed by atoms with Gasteiger partial charge in [-0.3, -0.25) is 8.57 Å². The molecule has 1 aromatic carbocycles. The Balaban J connectivity index is 0.000000980. The zero-order valence-electron chi connectivity index (χ0n) is 8.35. The molecule has 4 heteroatoms. The van der Waals surface area contributed by atoms with Gasteiger partial charge < -0.3 is 0 Å². The third-order valence-electron chi connectivity index (χ3n) is 2.07. The second-order valence-corrected chi connectivity index (χ2v) is 5.24. The van der Waals surface area contributed by atoms with E-state index in [0.29, 0.717) is 0 Å². The fourth-order valence-corrected chi connectivity index (χ4v) is 3.25. The molecule has 0 bridgehead atoms. The van der Waals surface area contributed by atoms with Crippen LogP contribution in [-0.4, -0.2) is 10.8 Å². The molecule has 0 amide bonds. The summed E-state index contributed by atoms with van der Waals surface area (Å²) in [5.41, 5.74) is 0. The van der Waals surface area contributed by atoms with E-state index in [1.807, 2.05) is 36.1 Å². The van der Waals surface area contributed by atoms with Crippen LogP contribution in [-0.2, 0) is 9.73 Å². The summed E-state index contributed by atoms with van der Waals surface area (Å²) in [7, 11) is -2.17. The molecule has 2 nitrogen and oxygen atoms in total. The van der Waals surface area contributed by atoms with Crippen molar-refractivity contribution < 1.29 is 23.1 Å². The van der Waals surface area contributed by atoms with Crippen molar-refractivity contribution in [1.29, 1.82) is 0 Å². The third-order valence-corrected chi connectivity index (χ3v) is 4.27. The number of benzene rings is 1. The Hall–Kier alpha value is -0.233. The third kappa shape index (κ3) is 2.42. The van der Waals surface area contributed by atoms with Gasteiger partial charge >= 0.3 is 18.9 Å². The molecular formula is C10H12LiNOS. The molecular weight excluding hydrogens is 189 g/mol. The summed E-state index contributed by atoms with van der Waals surface area (Å²) in [6, 6.07) is 9.50. The van der Waals surface area contributed by atoms with E-state index in [4.69, 9.17) is 0 Å². The molecule has 1 atom stereocenters. The van der Waals surface area contributed by atoms with E-state index >= 15 is 0 Å². The number of rotatable bonds is 1. The maximum atomic E-state index is 12.2. The van der Waals surface area contributed by atoms with Crippen molar-refractivity contribution in [3.05, 3.63) is 36.1 Å². The van der Waals surface area contributed by atoms with Crippen LogP contribution < -0.4 is 18.9 Å². The van der Waals surface area contributed by atoms with Crippen LogP contribution in [0.1, 0.15) is 12.8 Å². The Kier molecular flexibility index (Phi) is 4.25. The van der Waals surface area contributed by atoms with Gasteiger partial charge in [0.1, 0.15) is 0 Å². The van der Waals surface area contributed by atoms with Crippen LogP contribution in [0.5, 0.6) is 0 Å². The largest absolute Gasteiger partial charge is 1.00 e. The van der Waals surface area contributed by atoms with Gasteiger partial charge in [0.15, 0.2) is 0 Å². The van der Waals surface area contributed by atoms with Gasteiger partial charge in [-0.25, -0.2) is 5.75 Å². The molecule has 1 aliphatic rings. The Labute approximate surface area is 97.5 Å². The Bertz CT molecular complexity index is 396. The van der Waals surface area contributed by atoms with Gasteiger partial charge in [-0.15, -0.1) is 0 Å². The van der Waals surface area contributed by atoms with E-state index in [9.17, 15) is 4.21 Å². The minimum absolute atomic E-state index is 0. The summed E-state index contributed by atoms with van der Waals surface area (Å²) in [5, 5.41) is 0. The van der Waals surface area contributed by atoms with Gasteiger partial charge in [-0.05, 0) is 12.1 Å². The molecule has 70 valence electrons. The molecule has 0 N–H and O–H groups in total. The van der Waals surface area contributed by atoms with Gasteiger partial charge in [0.2, 0.25) is 0 Å². The molecule has 0 saturated heterocycles. The van der Waals surface area contributed by atoms with Gasteiger partial charge in [0.25, 0.3) is 0 Å². The number of nitrogens with zero attached hydrogens (tertiary/aromatic N) is 1. The first-order chi connectivity index (χ1) is 6.31.